The van der Waals surface area contributed by atoms with Crippen molar-refractivity contribution in [2.45, 2.75) is 6.92 Å². The van der Waals surface area contributed by atoms with Crippen molar-refractivity contribution in [3.63, 3.8) is 0 Å². The van der Waals surface area contributed by atoms with Gasteiger partial charge in [-0.15, -0.1) is 5.10 Å². The van der Waals surface area contributed by atoms with Crippen molar-refractivity contribution < 1.29 is 0 Å². The number of nitrogens with zero attached hydrogens (tertiary/aromatic N) is 3. The summed E-state index contributed by atoms with van der Waals surface area (Å²) in [6, 6.07) is 7.99. The molecule has 0 saturated heterocycles. The van der Waals surface area contributed by atoms with E-state index in [1.54, 1.807) is 0 Å². The summed E-state index contributed by atoms with van der Waals surface area (Å²) in [5.41, 5.74) is 2.20. The Morgan fingerprint density at radius 3 is 2.46 bits per heavy atom. The van der Waals surface area contributed by atoms with Gasteiger partial charge >= 0.3 is 0 Å². The van der Waals surface area contributed by atoms with Crippen LogP contribution < -0.4 is 5.84 Å². The molecule has 4 heteroatoms. The zero-order chi connectivity index (χ0) is 9.26. The van der Waals surface area contributed by atoms with Gasteiger partial charge in [0.05, 0.1) is 0 Å². The number of hydrogen-bond acceptors (Lipinski definition) is 3. The van der Waals surface area contributed by atoms with E-state index in [2.05, 4.69) is 10.1 Å². The summed E-state index contributed by atoms with van der Waals surface area (Å²) in [6.45, 7) is 2.04. The number of nitrogen functional groups attached to an aromatic ring is 1. The molecule has 0 atom stereocenters. The van der Waals surface area contributed by atoms with E-state index in [9.17, 15) is 0 Å². The average Bonchev–Trinajstić information content (AvgIpc) is 2.53. The molecule has 0 unspecified atom stereocenters. The fraction of sp³-hybridized carbons (Fsp3) is 0.111. The molecule has 2 N–H and O–H groups in total. The van der Waals surface area contributed by atoms with Gasteiger partial charge in [0.25, 0.3) is 0 Å². The Hall–Kier alpha value is -1.84. The lowest BCUT2D eigenvalue weighted by atomic mass is 10.1. The van der Waals surface area contributed by atoms with Gasteiger partial charge in [-0.3, -0.25) is 0 Å². The third-order valence-electron chi connectivity index (χ3n) is 1.82. The van der Waals surface area contributed by atoms with Crippen LogP contribution in [0.25, 0.3) is 11.4 Å². The van der Waals surface area contributed by atoms with Gasteiger partial charge in [0.2, 0.25) is 0 Å². The fourth-order valence-electron chi connectivity index (χ4n) is 1.11. The summed E-state index contributed by atoms with van der Waals surface area (Å²) in [5.74, 6) is 6.04. The van der Waals surface area contributed by atoms with E-state index in [4.69, 9.17) is 5.84 Å². The van der Waals surface area contributed by atoms with Crippen LogP contribution in [0.15, 0.2) is 30.6 Å². The van der Waals surface area contributed by atoms with Crippen LogP contribution >= 0.6 is 0 Å². The molecule has 2 rings (SSSR count). The van der Waals surface area contributed by atoms with Crippen LogP contribution in [0, 0.1) is 6.92 Å². The Labute approximate surface area is 76.0 Å². The van der Waals surface area contributed by atoms with Crippen LogP contribution in [0.1, 0.15) is 5.56 Å². The second-order valence-electron chi connectivity index (χ2n) is 2.91. The zero-order valence-corrected chi connectivity index (χ0v) is 7.31. The highest BCUT2D eigenvalue weighted by Crippen LogP contribution is 2.13. The minimum absolute atomic E-state index is 0.655. The molecule has 13 heavy (non-hydrogen) atoms. The van der Waals surface area contributed by atoms with Gasteiger partial charge in [-0.05, 0) is 6.92 Å². The Bertz CT molecular complexity index is 402. The molecule has 0 amide bonds. The molecule has 0 aliphatic rings. The minimum Gasteiger partial charge on any atom is -0.322 e. The first-order chi connectivity index (χ1) is 6.25. The molecule has 0 spiro atoms. The number of aromatic nitrogens is 3. The van der Waals surface area contributed by atoms with Crippen molar-refractivity contribution >= 4 is 0 Å². The lowest BCUT2D eigenvalue weighted by Crippen LogP contribution is -2.07. The monoisotopic (exact) mass is 174 g/mol. The highest BCUT2D eigenvalue weighted by Gasteiger charge is 2.01. The van der Waals surface area contributed by atoms with Crippen LogP contribution in [0.5, 0.6) is 0 Å². The number of benzene rings is 1. The zero-order valence-electron chi connectivity index (χ0n) is 7.31. The lowest BCUT2D eigenvalue weighted by Gasteiger charge is -1.95. The highest BCUT2D eigenvalue weighted by molar-refractivity contribution is 5.54. The van der Waals surface area contributed by atoms with Crippen molar-refractivity contribution in [3.8, 4) is 11.4 Å². The molecule has 0 saturated carbocycles. The summed E-state index contributed by atoms with van der Waals surface area (Å²) in [5, 5.41) is 3.99. The molecular formula is C9H10N4. The van der Waals surface area contributed by atoms with Gasteiger partial charge in [0.1, 0.15) is 6.33 Å². The predicted octanol–water partition coefficient (Wildman–Crippen LogP) is 0.967. The first-order valence-corrected chi connectivity index (χ1v) is 3.99. The first-order valence-electron chi connectivity index (χ1n) is 3.99. The third-order valence-corrected chi connectivity index (χ3v) is 1.82. The van der Waals surface area contributed by atoms with E-state index in [1.807, 2.05) is 31.2 Å². The number of nitrogens with two attached hydrogens (primary N) is 1. The quantitative estimate of drug-likeness (QED) is 0.655. The molecule has 1 aromatic heterocycles. The van der Waals surface area contributed by atoms with Crippen LogP contribution in [0.3, 0.4) is 0 Å². The predicted molar refractivity (Wildman–Crippen MR) is 50.3 cm³/mol. The van der Waals surface area contributed by atoms with E-state index in [-0.39, 0.29) is 0 Å². The standard InChI is InChI=1S/C9H10N4/c1-7-2-4-8(5-3-7)9-11-6-13(10)12-9/h2-6H,10H2,1H3. The van der Waals surface area contributed by atoms with E-state index in [0.29, 0.717) is 5.82 Å². The maximum Gasteiger partial charge on any atom is 0.183 e. The van der Waals surface area contributed by atoms with Crippen molar-refractivity contribution in [1.82, 2.24) is 14.9 Å². The molecule has 66 valence electrons. The average molecular weight is 174 g/mol. The topological polar surface area (TPSA) is 56.7 Å². The normalized spacial score (nSPS) is 10.2. The molecule has 1 aromatic carbocycles. The van der Waals surface area contributed by atoms with Crippen molar-refractivity contribution in [1.29, 1.82) is 0 Å². The molecular weight excluding hydrogens is 164 g/mol. The van der Waals surface area contributed by atoms with E-state index >= 15 is 0 Å². The summed E-state index contributed by atoms with van der Waals surface area (Å²) < 4.78 is 0. The summed E-state index contributed by atoms with van der Waals surface area (Å²) in [4.78, 5) is 5.25. The van der Waals surface area contributed by atoms with Gasteiger partial charge in [-0.2, -0.15) is 4.79 Å². The molecule has 0 radical (unpaired) electrons. The Kier molecular flexibility index (Phi) is 1.73. The van der Waals surface area contributed by atoms with E-state index in [0.717, 1.165) is 5.56 Å². The van der Waals surface area contributed by atoms with Gasteiger partial charge in [0.15, 0.2) is 5.82 Å². The second kappa shape index (κ2) is 2.90. The number of rotatable bonds is 1. The molecule has 0 bridgehead atoms. The van der Waals surface area contributed by atoms with Crippen molar-refractivity contribution in [2.75, 3.05) is 5.84 Å². The Morgan fingerprint density at radius 2 is 1.92 bits per heavy atom. The Morgan fingerprint density at radius 1 is 1.23 bits per heavy atom. The number of hydrogen-bond donors (Lipinski definition) is 1. The molecule has 1 heterocycles. The Balaban J connectivity index is 2.41. The number of aryl methyl sites for hydroxylation is 1. The van der Waals surface area contributed by atoms with Crippen LogP contribution in [-0.2, 0) is 0 Å². The summed E-state index contributed by atoms with van der Waals surface area (Å²) in [7, 11) is 0. The van der Waals surface area contributed by atoms with Crippen LogP contribution in [0.4, 0.5) is 0 Å². The third kappa shape index (κ3) is 1.51. The maximum atomic E-state index is 5.39. The molecule has 2 aromatic rings. The van der Waals surface area contributed by atoms with Crippen LogP contribution in [-0.4, -0.2) is 14.9 Å². The molecule has 0 aliphatic carbocycles. The second-order valence-corrected chi connectivity index (χ2v) is 2.91. The van der Waals surface area contributed by atoms with Gasteiger partial charge in [-0.25, -0.2) is 4.98 Å². The van der Waals surface area contributed by atoms with Crippen molar-refractivity contribution in [2.24, 2.45) is 0 Å². The summed E-state index contributed by atoms with van der Waals surface area (Å²) in [6.07, 6.45) is 1.48. The first kappa shape index (κ1) is 7.79. The minimum atomic E-state index is 0.655. The molecule has 4 nitrogen and oxygen atoms in total. The SMILES string of the molecule is Cc1ccc(-c2ncn(N)n2)cc1. The van der Waals surface area contributed by atoms with E-state index < -0.39 is 0 Å². The van der Waals surface area contributed by atoms with Gasteiger partial charge in [0, 0.05) is 5.56 Å². The highest BCUT2D eigenvalue weighted by atomic mass is 15.5. The molecule has 0 fully saturated rings. The van der Waals surface area contributed by atoms with Crippen LogP contribution in [0.2, 0.25) is 0 Å². The fourth-order valence-corrected chi connectivity index (χ4v) is 1.11. The van der Waals surface area contributed by atoms with Crippen molar-refractivity contribution in [3.05, 3.63) is 36.2 Å². The van der Waals surface area contributed by atoms with E-state index in [1.165, 1.54) is 16.7 Å². The maximum absolute atomic E-state index is 5.39. The lowest BCUT2D eigenvalue weighted by molar-refractivity contribution is 0.833. The van der Waals surface area contributed by atoms with Gasteiger partial charge < -0.3 is 5.84 Å². The largest absolute Gasteiger partial charge is 0.322 e. The van der Waals surface area contributed by atoms with Gasteiger partial charge in [-0.1, -0.05) is 29.8 Å². The smallest absolute Gasteiger partial charge is 0.183 e. The summed E-state index contributed by atoms with van der Waals surface area (Å²) >= 11 is 0. The molecule has 0 aliphatic heterocycles.